The molecule has 3 aromatic heterocycles. The third-order valence-corrected chi connectivity index (χ3v) is 5.74. The van der Waals surface area contributed by atoms with Crippen molar-refractivity contribution in [2.75, 3.05) is 25.1 Å². The molecule has 9 heteroatoms. The molecule has 0 spiro atoms. The molecule has 1 aliphatic rings. The van der Waals surface area contributed by atoms with Gasteiger partial charge < -0.3 is 15.4 Å². The SMILES string of the molecule is COc1cccc(F)c1-c1nccc(-c2cnn(-c3cccc(N4CCC(C)(N)C4)n3)c2)n1. The van der Waals surface area contributed by atoms with Crippen molar-refractivity contribution in [3.05, 3.63) is 66.9 Å². The summed E-state index contributed by atoms with van der Waals surface area (Å²) >= 11 is 0. The quantitative estimate of drug-likeness (QED) is 0.503. The van der Waals surface area contributed by atoms with Crippen LogP contribution < -0.4 is 15.4 Å². The third-order valence-electron chi connectivity index (χ3n) is 5.74. The highest BCUT2D eigenvalue weighted by atomic mass is 19.1. The van der Waals surface area contributed by atoms with Crippen LogP contribution in [0.1, 0.15) is 13.3 Å². The second kappa shape index (κ2) is 8.25. The molecule has 8 nitrogen and oxygen atoms in total. The maximum atomic E-state index is 14.5. The van der Waals surface area contributed by atoms with Gasteiger partial charge in [0.05, 0.1) is 24.6 Å². The normalized spacial score (nSPS) is 18.0. The zero-order valence-electron chi connectivity index (χ0n) is 18.4. The van der Waals surface area contributed by atoms with Crippen LogP contribution in [0.3, 0.4) is 0 Å². The molecule has 1 aliphatic heterocycles. The molecule has 0 bridgehead atoms. The minimum atomic E-state index is -0.446. The van der Waals surface area contributed by atoms with E-state index in [0.29, 0.717) is 17.3 Å². The monoisotopic (exact) mass is 445 g/mol. The highest BCUT2D eigenvalue weighted by Gasteiger charge is 2.30. The van der Waals surface area contributed by atoms with Crippen molar-refractivity contribution in [1.29, 1.82) is 0 Å². The van der Waals surface area contributed by atoms with Crippen LogP contribution in [-0.2, 0) is 0 Å². The first-order chi connectivity index (χ1) is 15.9. The zero-order chi connectivity index (χ0) is 23.0. The maximum absolute atomic E-state index is 14.5. The van der Waals surface area contributed by atoms with Crippen molar-refractivity contribution in [3.63, 3.8) is 0 Å². The summed E-state index contributed by atoms with van der Waals surface area (Å²) in [6, 6.07) is 12.2. The largest absolute Gasteiger partial charge is 0.496 e. The van der Waals surface area contributed by atoms with Crippen LogP contribution in [0.4, 0.5) is 10.2 Å². The van der Waals surface area contributed by atoms with Gasteiger partial charge in [0.25, 0.3) is 0 Å². The van der Waals surface area contributed by atoms with Gasteiger partial charge in [-0.3, -0.25) is 0 Å². The summed E-state index contributed by atoms with van der Waals surface area (Å²) in [5.41, 5.74) is 7.67. The fourth-order valence-corrected chi connectivity index (χ4v) is 4.01. The molecule has 168 valence electrons. The number of nitrogens with zero attached hydrogens (tertiary/aromatic N) is 6. The average Bonchev–Trinajstić information content (AvgIpc) is 3.46. The van der Waals surface area contributed by atoms with Gasteiger partial charge in [-0.05, 0) is 43.7 Å². The number of hydrogen-bond acceptors (Lipinski definition) is 7. The van der Waals surface area contributed by atoms with Crippen LogP contribution >= 0.6 is 0 Å². The summed E-state index contributed by atoms with van der Waals surface area (Å²) in [6.45, 7) is 3.69. The lowest BCUT2D eigenvalue weighted by atomic mass is 10.0. The summed E-state index contributed by atoms with van der Waals surface area (Å²) in [6.07, 6.45) is 6.06. The first kappa shape index (κ1) is 21.0. The number of nitrogens with two attached hydrogens (primary N) is 1. The Hall–Kier alpha value is -3.85. The van der Waals surface area contributed by atoms with E-state index in [0.717, 1.165) is 30.9 Å². The molecule has 1 unspecified atom stereocenters. The third kappa shape index (κ3) is 4.14. The molecule has 4 aromatic rings. The van der Waals surface area contributed by atoms with E-state index in [1.807, 2.05) is 24.4 Å². The van der Waals surface area contributed by atoms with Crippen molar-refractivity contribution in [2.45, 2.75) is 18.9 Å². The van der Waals surface area contributed by atoms with Crippen LogP contribution in [-0.4, -0.2) is 50.5 Å². The Bertz CT molecular complexity index is 1300. The van der Waals surface area contributed by atoms with Gasteiger partial charge in [-0.2, -0.15) is 5.10 Å². The van der Waals surface area contributed by atoms with Crippen molar-refractivity contribution < 1.29 is 9.13 Å². The Morgan fingerprint density at radius 3 is 2.70 bits per heavy atom. The van der Waals surface area contributed by atoms with E-state index in [1.165, 1.54) is 13.2 Å². The summed E-state index contributed by atoms with van der Waals surface area (Å²) in [5.74, 6) is 1.73. The summed E-state index contributed by atoms with van der Waals surface area (Å²) in [4.78, 5) is 15.8. The number of ether oxygens (including phenoxy) is 1. The molecule has 2 N–H and O–H groups in total. The molecule has 1 aromatic carbocycles. The number of aromatic nitrogens is 5. The van der Waals surface area contributed by atoms with Gasteiger partial charge in [0.2, 0.25) is 0 Å². The van der Waals surface area contributed by atoms with E-state index in [4.69, 9.17) is 15.5 Å². The lowest BCUT2D eigenvalue weighted by molar-refractivity contribution is 0.413. The Kier molecular flexibility index (Phi) is 5.26. The molecule has 0 saturated carbocycles. The predicted molar refractivity (Wildman–Crippen MR) is 124 cm³/mol. The van der Waals surface area contributed by atoms with E-state index in [9.17, 15) is 4.39 Å². The number of benzene rings is 1. The predicted octanol–water partition coefficient (Wildman–Crippen LogP) is 3.47. The molecule has 0 radical (unpaired) electrons. The highest BCUT2D eigenvalue weighted by Crippen LogP contribution is 2.31. The van der Waals surface area contributed by atoms with Crippen LogP contribution in [0.5, 0.6) is 5.75 Å². The Morgan fingerprint density at radius 1 is 1.09 bits per heavy atom. The minimum Gasteiger partial charge on any atom is -0.496 e. The first-order valence-corrected chi connectivity index (χ1v) is 10.7. The Balaban J connectivity index is 1.45. The Labute approximate surface area is 190 Å². The van der Waals surface area contributed by atoms with Gasteiger partial charge in [0, 0.05) is 36.6 Å². The van der Waals surface area contributed by atoms with E-state index in [1.54, 1.807) is 35.3 Å². The van der Waals surface area contributed by atoms with Crippen LogP contribution in [0.15, 0.2) is 61.1 Å². The minimum absolute atomic E-state index is 0.206. The highest BCUT2D eigenvalue weighted by molar-refractivity contribution is 5.68. The van der Waals surface area contributed by atoms with E-state index >= 15 is 0 Å². The van der Waals surface area contributed by atoms with Gasteiger partial charge >= 0.3 is 0 Å². The fourth-order valence-electron chi connectivity index (χ4n) is 4.01. The van der Waals surface area contributed by atoms with Gasteiger partial charge in [-0.15, -0.1) is 0 Å². The molecular weight excluding hydrogens is 421 g/mol. The summed E-state index contributed by atoms with van der Waals surface area (Å²) in [5, 5.41) is 4.46. The Morgan fingerprint density at radius 2 is 1.91 bits per heavy atom. The fraction of sp³-hybridized carbons (Fsp3) is 0.250. The number of hydrogen-bond donors (Lipinski definition) is 1. The number of halogens is 1. The van der Waals surface area contributed by atoms with E-state index in [-0.39, 0.29) is 16.9 Å². The van der Waals surface area contributed by atoms with Crippen molar-refractivity contribution in [1.82, 2.24) is 24.7 Å². The molecule has 4 heterocycles. The van der Waals surface area contributed by atoms with Gasteiger partial charge in [-0.25, -0.2) is 24.0 Å². The smallest absolute Gasteiger partial charge is 0.166 e. The molecule has 1 atom stereocenters. The van der Waals surface area contributed by atoms with Gasteiger partial charge in [0.15, 0.2) is 11.6 Å². The van der Waals surface area contributed by atoms with Crippen LogP contribution in [0.2, 0.25) is 0 Å². The standard InChI is InChI=1S/C24H24FN7O/c1-24(26)10-12-31(15-24)20-7-4-8-21(30-20)32-14-16(13-28-32)18-9-11-27-23(29-18)22-17(25)5-3-6-19(22)33-2/h3-9,11,13-14H,10,12,15,26H2,1-2H3. The second-order valence-corrected chi connectivity index (χ2v) is 8.44. The van der Waals surface area contributed by atoms with Gasteiger partial charge in [-0.1, -0.05) is 12.1 Å². The maximum Gasteiger partial charge on any atom is 0.166 e. The molecular formula is C24H24FN7O. The number of methoxy groups -OCH3 is 1. The first-order valence-electron chi connectivity index (χ1n) is 10.7. The lowest BCUT2D eigenvalue weighted by Crippen LogP contribution is -2.39. The second-order valence-electron chi connectivity index (χ2n) is 8.44. The summed E-state index contributed by atoms with van der Waals surface area (Å²) < 4.78 is 21.5. The summed E-state index contributed by atoms with van der Waals surface area (Å²) in [7, 11) is 1.49. The number of rotatable bonds is 5. The molecule has 33 heavy (non-hydrogen) atoms. The molecule has 5 rings (SSSR count). The van der Waals surface area contributed by atoms with Crippen molar-refractivity contribution in [3.8, 4) is 34.2 Å². The van der Waals surface area contributed by atoms with Crippen molar-refractivity contribution >= 4 is 5.82 Å². The number of pyridine rings is 1. The molecule has 1 saturated heterocycles. The molecule has 0 aliphatic carbocycles. The average molecular weight is 446 g/mol. The number of anilines is 1. The van der Waals surface area contributed by atoms with Crippen LogP contribution in [0, 0.1) is 5.82 Å². The molecule has 1 fully saturated rings. The van der Waals surface area contributed by atoms with E-state index < -0.39 is 5.82 Å². The lowest BCUT2D eigenvalue weighted by Gasteiger charge is -2.21. The van der Waals surface area contributed by atoms with Crippen molar-refractivity contribution in [2.24, 2.45) is 5.73 Å². The molecule has 0 amide bonds. The van der Waals surface area contributed by atoms with E-state index in [2.05, 4.69) is 26.9 Å². The van der Waals surface area contributed by atoms with Crippen LogP contribution in [0.25, 0.3) is 28.5 Å². The van der Waals surface area contributed by atoms with Gasteiger partial charge in [0.1, 0.15) is 17.4 Å². The zero-order valence-corrected chi connectivity index (χ0v) is 18.4. The topological polar surface area (TPSA) is 95.0 Å².